The number of carbonyl (C=O) groups is 2. The summed E-state index contributed by atoms with van der Waals surface area (Å²) in [6.45, 7) is 2.58. The molecule has 13 heavy (non-hydrogen) atoms. The number of aliphatic hydroxyl groups excluding tert-OH is 1. The van der Waals surface area contributed by atoms with E-state index in [1.807, 2.05) is 6.92 Å². The van der Waals surface area contributed by atoms with Crippen LogP contribution in [0.4, 0.5) is 0 Å². The first-order valence-electron chi connectivity index (χ1n) is 4.24. The van der Waals surface area contributed by atoms with Crippen LogP contribution in [0.1, 0.15) is 19.8 Å². The number of hydrogen-bond acceptors (Lipinski definition) is 3. The zero-order valence-corrected chi connectivity index (χ0v) is 7.99. The summed E-state index contributed by atoms with van der Waals surface area (Å²) in [6.07, 6.45) is 4.52. The number of carbonyl (C=O) groups excluding carboxylic acids is 2. The van der Waals surface area contributed by atoms with Crippen LogP contribution in [0.5, 0.6) is 0 Å². The Labute approximate surface area is 77.8 Å². The number of unbranched alkanes of at least 4 members (excludes halogenated alkanes) is 1. The minimum atomic E-state index is -0.177. The number of aliphatic hydroxyl groups is 1. The molecule has 1 aliphatic rings. The fourth-order valence-corrected chi connectivity index (χ4v) is 0.968. The van der Waals surface area contributed by atoms with E-state index in [-0.39, 0.29) is 11.8 Å². The third kappa shape index (κ3) is 3.38. The van der Waals surface area contributed by atoms with Crippen molar-refractivity contribution < 1.29 is 14.7 Å². The molecule has 0 atom stereocenters. The molecule has 0 fully saturated rings. The fourth-order valence-electron chi connectivity index (χ4n) is 0.968. The largest absolute Gasteiger partial charge is 0.400 e. The maximum absolute atomic E-state index is 10.9. The first-order valence-corrected chi connectivity index (χ1v) is 4.24. The van der Waals surface area contributed by atoms with Crippen molar-refractivity contribution in [2.24, 2.45) is 0 Å². The summed E-state index contributed by atoms with van der Waals surface area (Å²) in [6, 6.07) is 0. The molecule has 1 heterocycles. The molecular formula is C9H15NO3. The molecule has 0 aliphatic carbocycles. The van der Waals surface area contributed by atoms with Crippen molar-refractivity contribution in [1.29, 1.82) is 0 Å². The predicted octanol–water partition coefficient (Wildman–Crippen LogP) is 0.320. The van der Waals surface area contributed by atoms with Crippen LogP contribution in [0.15, 0.2) is 12.2 Å². The fraction of sp³-hybridized carbons (Fsp3) is 0.556. The summed E-state index contributed by atoms with van der Waals surface area (Å²) < 4.78 is 0. The molecule has 0 saturated heterocycles. The molecule has 0 saturated carbocycles. The van der Waals surface area contributed by atoms with Crippen LogP contribution in [-0.2, 0) is 9.59 Å². The van der Waals surface area contributed by atoms with Crippen molar-refractivity contribution in [3.05, 3.63) is 12.2 Å². The highest BCUT2D eigenvalue weighted by Gasteiger charge is 2.21. The first-order chi connectivity index (χ1) is 6.25. The van der Waals surface area contributed by atoms with Gasteiger partial charge in [0.2, 0.25) is 0 Å². The van der Waals surface area contributed by atoms with E-state index < -0.39 is 0 Å². The molecule has 0 bridgehead atoms. The first kappa shape index (κ1) is 11.8. The second kappa shape index (κ2) is 6.37. The normalized spacial score (nSPS) is 14.5. The average Bonchev–Trinajstić information content (AvgIpc) is 2.47. The highest BCUT2D eigenvalue weighted by atomic mass is 16.2. The van der Waals surface area contributed by atoms with Crippen LogP contribution >= 0.6 is 0 Å². The van der Waals surface area contributed by atoms with E-state index in [2.05, 4.69) is 0 Å². The maximum atomic E-state index is 10.9. The monoisotopic (exact) mass is 185 g/mol. The van der Waals surface area contributed by atoms with Gasteiger partial charge in [0.1, 0.15) is 0 Å². The third-order valence-electron chi connectivity index (χ3n) is 1.64. The molecule has 0 aromatic rings. The van der Waals surface area contributed by atoms with E-state index in [1.54, 1.807) is 0 Å². The van der Waals surface area contributed by atoms with Gasteiger partial charge in [-0.2, -0.15) is 0 Å². The molecule has 4 heteroatoms. The van der Waals surface area contributed by atoms with Gasteiger partial charge in [-0.15, -0.1) is 0 Å². The van der Waals surface area contributed by atoms with E-state index in [4.69, 9.17) is 5.11 Å². The highest BCUT2D eigenvalue weighted by molar-refractivity contribution is 6.12. The molecule has 0 radical (unpaired) electrons. The van der Waals surface area contributed by atoms with Gasteiger partial charge in [-0.05, 0) is 6.42 Å². The Kier molecular flexibility index (Phi) is 5.80. The van der Waals surface area contributed by atoms with Crippen molar-refractivity contribution in [3.63, 3.8) is 0 Å². The van der Waals surface area contributed by atoms with Crippen LogP contribution in [0, 0.1) is 0 Å². The molecule has 1 rings (SSSR count). The quantitative estimate of drug-likeness (QED) is 0.644. The van der Waals surface area contributed by atoms with Gasteiger partial charge < -0.3 is 5.11 Å². The SMILES string of the molecule is CCCCN1C(=O)C=CC1=O.CO. The van der Waals surface area contributed by atoms with Crippen molar-refractivity contribution in [3.8, 4) is 0 Å². The smallest absolute Gasteiger partial charge is 0.253 e. The molecule has 0 aromatic carbocycles. The zero-order chi connectivity index (χ0) is 10.3. The van der Waals surface area contributed by atoms with Gasteiger partial charge in [-0.3, -0.25) is 14.5 Å². The third-order valence-corrected chi connectivity index (χ3v) is 1.64. The van der Waals surface area contributed by atoms with Crippen LogP contribution in [-0.4, -0.2) is 35.5 Å². The Morgan fingerprint density at radius 3 is 2.08 bits per heavy atom. The molecule has 0 unspecified atom stereocenters. The number of amides is 2. The summed E-state index contributed by atoms with van der Waals surface area (Å²) >= 11 is 0. The Morgan fingerprint density at radius 2 is 1.69 bits per heavy atom. The van der Waals surface area contributed by atoms with E-state index in [0.29, 0.717) is 6.54 Å². The molecule has 1 aliphatic heterocycles. The second-order valence-corrected chi connectivity index (χ2v) is 2.52. The van der Waals surface area contributed by atoms with Crippen LogP contribution in [0.25, 0.3) is 0 Å². The minimum Gasteiger partial charge on any atom is -0.400 e. The lowest BCUT2D eigenvalue weighted by Crippen LogP contribution is -2.30. The number of rotatable bonds is 3. The summed E-state index contributed by atoms with van der Waals surface area (Å²) in [5, 5.41) is 7.00. The summed E-state index contributed by atoms with van der Waals surface area (Å²) in [5.74, 6) is -0.355. The number of nitrogens with zero attached hydrogens (tertiary/aromatic N) is 1. The Hall–Kier alpha value is -1.16. The Balaban J connectivity index is 0.000000671. The van der Waals surface area contributed by atoms with Crippen molar-refractivity contribution in [2.45, 2.75) is 19.8 Å². The van der Waals surface area contributed by atoms with Crippen LogP contribution in [0.2, 0.25) is 0 Å². The predicted molar refractivity (Wildman–Crippen MR) is 48.9 cm³/mol. The summed E-state index contributed by atoms with van der Waals surface area (Å²) in [7, 11) is 1.00. The summed E-state index contributed by atoms with van der Waals surface area (Å²) in [4.78, 5) is 23.1. The van der Waals surface area contributed by atoms with E-state index in [9.17, 15) is 9.59 Å². The standard InChI is InChI=1S/C8H11NO2.CH4O/c1-2-3-6-9-7(10)4-5-8(9)11;1-2/h4-5H,2-3,6H2,1H3;2H,1H3. The van der Waals surface area contributed by atoms with Crippen LogP contribution < -0.4 is 0 Å². The topological polar surface area (TPSA) is 57.6 Å². The zero-order valence-electron chi connectivity index (χ0n) is 7.99. The van der Waals surface area contributed by atoms with Gasteiger partial charge in [0.25, 0.3) is 11.8 Å². The van der Waals surface area contributed by atoms with Gasteiger partial charge in [-0.1, -0.05) is 13.3 Å². The number of imide groups is 1. The molecule has 4 nitrogen and oxygen atoms in total. The van der Waals surface area contributed by atoms with Gasteiger partial charge in [-0.25, -0.2) is 0 Å². The minimum absolute atomic E-state index is 0.177. The lowest BCUT2D eigenvalue weighted by atomic mass is 10.3. The average molecular weight is 185 g/mol. The van der Waals surface area contributed by atoms with Gasteiger partial charge in [0.05, 0.1) is 0 Å². The lowest BCUT2D eigenvalue weighted by molar-refractivity contribution is -0.136. The van der Waals surface area contributed by atoms with E-state index in [1.165, 1.54) is 17.1 Å². The molecule has 1 N–H and O–H groups in total. The number of hydrogen-bond donors (Lipinski definition) is 1. The van der Waals surface area contributed by atoms with Crippen molar-refractivity contribution in [2.75, 3.05) is 13.7 Å². The molecule has 0 aromatic heterocycles. The van der Waals surface area contributed by atoms with Gasteiger partial charge >= 0.3 is 0 Å². The van der Waals surface area contributed by atoms with Crippen LogP contribution in [0.3, 0.4) is 0 Å². The summed E-state index contributed by atoms with van der Waals surface area (Å²) in [5.41, 5.74) is 0. The van der Waals surface area contributed by atoms with Gasteiger partial charge in [0, 0.05) is 25.8 Å². The molecule has 2 amide bonds. The molecular weight excluding hydrogens is 170 g/mol. The van der Waals surface area contributed by atoms with Gasteiger partial charge in [0.15, 0.2) is 0 Å². The van der Waals surface area contributed by atoms with Crippen molar-refractivity contribution >= 4 is 11.8 Å². The maximum Gasteiger partial charge on any atom is 0.253 e. The second-order valence-electron chi connectivity index (χ2n) is 2.52. The van der Waals surface area contributed by atoms with E-state index >= 15 is 0 Å². The van der Waals surface area contributed by atoms with Crippen molar-refractivity contribution in [1.82, 2.24) is 4.90 Å². The molecule has 0 spiro atoms. The highest BCUT2D eigenvalue weighted by Crippen LogP contribution is 2.04. The lowest BCUT2D eigenvalue weighted by Gasteiger charge is -2.11. The van der Waals surface area contributed by atoms with E-state index in [0.717, 1.165) is 20.0 Å². The Morgan fingerprint density at radius 1 is 1.23 bits per heavy atom. The Bertz CT molecular complexity index is 193. The molecule has 74 valence electrons.